The molecule has 1 fully saturated rings. The van der Waals surface area contributed by atoms with Gasteiger partial charge in [-0.15, -0.1) is 0 Å². The third-order valence-electron chi connectivity index (χ3n) is 4.82. The Balaban J connectivity index is 1.67. The number of ether oxygens (including phenoxy) is 1. The molecule has 3 rings (SSSR count). The smallest absolute Gasteiger partial charge is 0.410 e. The third-order valence-corrected chi connectivity index (χ3v) is 6.44. The number of nitrogens with zero attached hydrogens (tertiary/aromatic N) is 3. The Hall–Kier alpha value is -3.08. The van der Waals surface area contributed by atoms with E-state index in [1.54, 1.807) is 55.7 Å². The van der Waals surface area contributed by atoms with Crippen LogP contribution in [0.2, 0.25) is 0 Å². The molecule has 1 N–H and O–H groups in total. The summed E-state index contributed by atoms with van der Waals surface area (Å²) in [6, 6.07) is 6.27. The molecule has 0 bridgehead atoms. The zero-order valence-corrected chi connectivity index (χ0v) is 19.7. The third kappa shape index (κ3) is 5.39. The Morgan fingerprint density at radius 2 is 1.72 bits per heavy atom. The zero-order valence-electron chi connectivity index (χ0n) is 18.8. The lowest BCUT2D eigenvalue weighted by Crippen LogP contribution is -2.51. The van der Waals surface area contributed by atoms with Crippen molar-refractivity contribution < 1.29 is 27.3 Å². The second-order valence-electron chi connectivity index (χ2n) is 8.60. The molecule has 2 aromatic rings. The molecule has 0 atom stereocenters. The molecule has 0 aliphatic carbocycles. The Bertz CT molecular complexity index is 1090. The lowest BCUT2D eigenvalue weighted by molar-refractivity contribution is 0.0141. The molecule has 11 heteroatoms. The van der Waals surface area contributed by atoms with Crippen LogP contribution in [-0.4, -0.2) is 67.2 Å². The van der Waals surface area contributed by atoms with E-state index in [2.05, 4.69) is 9.88 Å². The van der Waals surface area contributed by atoms with Crippen molar-refractivity contribution in [2.75, 3.05) is 30.9 Å². The first kappa shape index (κ1) is 23.6. The van der Waals surface area contributed by atoms with E-state index < -0.39 is 21.7 Å². The van der Waals surface area contributed by atoms with Gasteiger partial charge in [0, 0.05) is 37.4 Å². The molecule has 10 nitrogen and oxygen atoms in total. The summed E-state index contributed by atoms with van der Waals surface area (Å²) in [6.45, 7) is 9.90. The monoisotopic (exact) mass is 464 g/mol. The van der Waals surface area contributed by atoms with Gasteiger partial charge in [0.05, 0.1) is 0 Å². The summed E-state index contributed by atoms with van der Waals surface area (Å²) in [5.41, 5.74) is 0.268. The van der Waals surface area contributed by atoms with Crippen LogP contribution in [-0.2, 0) is 14.8 Å². The molecular weight excluding hydrogens is 436 g/mol. The number of carbonyl (C=O) groups is 2. The van der Waals surface area contributed by atoms with Crippen LogP contribution in [0.15, 0.2) is 33.7 Å². The van der Waals surface area contributed by atoms with Crippen molar-refractivity contribution in [2.45, 2.75) is 45.1 Å². The fourth-order valence-electron chi connectivity index (χ4n) is 3.38. The number of benzene rings is 1. The molecule has 174 valence electrons. The summed E-state index contributed by atoms with van der Waals surface area (Å²) in [4.78, 5) is 28.3. The van der Waals surface area contributed by atoms with Crippen LogP contribution in [0.3, 0.4) is 0 Å². The lowest BCUT2D eigenvalue weighted by Gasteiger charge is -2.35. The van der Waals surface area contributed by atoms with Crippen molar-refractivity contribution in [1.82, 2.24) is 15.0 Å². The highest BCUT2D eigenvalue weighted by molar-refractivity contribution is 7.92. The number of piperazine rings is 1. The van der Waals surface area contributed by atoms with Crippen molar-refractivity contribution >= 4 is 27.7 Å². The summed E-state index contributed by atoms with van der Waals surface area (Å²) in [5.74, 6) is -0.0580. The van der Waals surface area contributed by atoms with E-state index in [0.717, 1.165) is 0 Å². The van der Waals surface area contributed by atoms with Crippen molar-refractivity contribution in [3.8, 4) is 0 Å². The summed E-state index contributed by atoms with van der Waals surface area (Å²) in [7, 11) is -3.92. The number of hydrogen-bond acceptors (Lipinski definition) is 7. The number of anilines is 1. The highest BCUT2D eigenvalue weighted by Gasteiger charge is 2.29. The molecule has 2 heterocycles. The van der Waals surface area contributed by atoms with Crippen LogP contribution < -0.4 is 4.72 Å². The highest BCUT2D eigenvalue weighted by Crippen LogP contribution is 2.23. The van der Waals surface area contributed by atoms with Gasteiger partial charge in [0.25, 0.3) is 15.9 Å². The summed E-state index contributed by atoms with van der Waals surface area (Å²) < 4.78 is 38.3. The molecule has 2 amide bonds. The maximum Gasteiger partial charge on any atom is 0.410 e. The van der Waals surface area contributed by atoms with Gasteiger partial charge in [0.1, 0.15) is 11.3 Å². The van der Waals surface area contributed by atoms with Gasteiger partial charge >= 0.3 is 6.09 Å². The average molecular weight is 465 g/mol. The molecule has 0 saturated carbocycles. The van der Waals surface area contributed by atoms with Crippen molar-refractivity contribution in [2.24, 2.45) is 0 Å². The molecule has 1 aromatic carbocycles. The van der Waals surface area contributed by atoms with Gasteiger partial charge < -0.3 is 19.1 Å². The second kappa shape index (κ2) is 8.81. The van der Waals surface area contributed by atoms with E-state index in [1.807, 2.05) is 0 Å². The van der Waals surface area contributed by atoms with Crippen LogP contribution in [0.5, 0.6) is 0 Å². The minimum atomic E-state index is -3.92. The predicted molar refractivity (Wildman–Crippen MR) is 117 cm³/mol. The molecule has 0 unspecified atom stereocenters. The topological polar surface area (TPSA) is 122 Å². The van der Waals surface area contributed by atoms with Crippen molar-refractivity contribution in [3.05, 3.63) is 41.3 Å². The minimum Gasteiger partial charge on any atom is -0.444 e. The SMILES string of the molecule is Cc1noc(C)c1S(=O)(=O)Nc1cccc(C(=O)N2CCN(C(=O)OC(C)(C)C)CC2)c1. The van der Waals surface area contributed by atoms with E-state index in [0.29, 0.717) is 31.7 Å². The summed E-state index contributed by atoms with van der Waals surface area (Å²) in [6.07, 6.45) is -0.402. The Morgan fingerprint density at radius 1 is 1.09 bits per heavy atom. The van der Waals surface area contributed by atoms with E-state index in [1.165, 1.54) is 13.0 Å². The maximum atomic E-state index is 12.9. The van der Waals surface area contributed by atoms with Crippen LogP contribution in [0.4, 0.5) is 10.5 Å². The number of hydrogen-bond donors (Lipinski definition) is 1. The maximum absolute atomic E-state index is 12.9. The van der Waals surface area contributed by atoms with Gasteiger partial charge in [0.15, 0.2) is 10.7 Å². The molecular formula is C21H28N4O6S. The fraction of sp³-hybridized carbons (Fsp3) is 0.476. The number of amides is 2. The quantitative estimate of drug-likeness (QED) is 0.738. The number of rotatable bonds is 4. The van der Waals surface area contributed by atoms with Crippen molar-refractivity contribution in [3.63, 3.8) is 0 Å². The number of aromatic nitrogens is 1. The van der Waals surface area contributed by atoms with Crippen LogP contribution in [0.25, 0.3) is 0 Å². The lowest BCUT2D eigenvalue weighted by atomic mass is 10.1. The summed E-state index contributed by atoms with van der Waals surface area (Å²) in [5, 5.41) is 3.68. The Morgan fingerprint density at radius 3 is 2.28 bits per heavy atom. The van der Waals surface area contributed by atoms with Crippen molar-refractivity contribution in [1.29, 1.82) is 0 Å². The first-order valence-corrected chi connectivity index (χ1v) is 11.7. The zero-order chi connectivity index (χ0) is 23.7. The average Bonchev–Trinajstić information content (AvgIpc) is 3.05. The largest absolute Gasteiger partial charge is 0.444 e. The van der Waals surface area contributed by atoms with Gasteiger partial charge in [-0.25, -0.2) is 13.2 Å². The first-order chi connectivity index (χ1) is 14.9. The molecule has 0 spiro atoms. The molecule has 1 aromatic heterocycles. The normalized spacial score (nSPS) is 14.9. The highest BCUT2D eigenvalue weighted by atomic mass is 32.2. The number of carbonyl (C=O) groups excluding carboxylic acids is 2. The van der Waals surface area contributed by atoms with Gasteiger partial charge in [-0.05, 0) is 52.8 Å². The molecule has 0 radical (unpaired) electrons. The molecule has 1 aliphatic rings. The van der Waals surface area contributed by atoms with Crippen LogP contribution in [0.1, 0.15) is 42.6 Å². The fourth-order valence-corrected chi connectivity index (χ4v) is 4.76. The van der Waals surface area contributed by atoms with Gasteiger partial charge in [-0.3, -0.25) is 9.52 Å². The number of sulfonamides is 1. The second-order valence-corrected chi connectivity index (χ2v) is 10.2. The van der Waals surface area contributed by atoms with Crippen LogP contribution in [0, 0.1) is 13.8 Å². The Labute approximate surface area is 187 Å². The number of nitrogens with one attached hydrogen (secondary N) is 1. The van der Waals surface area contributed by atoms with E-state index >= 15 is 0 Å². The van der Waals surface area contributed by atoms with Gasteiger partial charge in [-0.2, -0.15) is 0 Å². The van der Waals surface area contributed by atoms with Gasteiger partial charge in [0.2, 0.25) is 0 Å². The minimum absolute atomic E-state index is 0.0208. The van der Waals surface area contributed by atoms with Crippen LogP contribution >= 0.6 is 0 Å². The van der Waals surface area contributed by atoms with E-state index in [9.17, 15) is 18.0 Å². The molecule has 32 heavy (non-hydrogen) atoms. The Kier molecular flexibility index (Phi) is 6.49. The first-order valence-electron chi connectivity index (χ1n) is 10.2. The van der Waals surface area contributed by atoms with Gasteiger partial charge in [-0.1, -0.05) is 11.2 Å². The predicted octanol–water partition coefficient (Wildman–Crippen LogP) is 2.79. The number of aryl methyl sites for hydroxylation is 2. The molecule has 1 saturated heterocycles. The molecule has 1 aliphatic heterocycles. The van der Waals surface area contributed by atoms with E-state index in [4.69, 9.17) is 9.26 Å². The van der Waals surface area contributed by atoms with E-state index in [-0.39, 0.29) is 27.9 Å². The standard InChI is InChI=1S/C21H28N4O6S/c1-14-18(15(2)31-22-14)32(28,29)23-17-8-6-7-16(13-17)19(26)24-9-11-25(12-10-24)20(27)30-21(3,4)5/h6-8,13,23H,9-12H2,1-5H3. The summed E-state index contributed by atoms with van der Waals surface area (Å²) >= 11 is 0.